The van der Waals surface area contributed by atoms with Crippen LogP contribution in [-0.2, 0) is 6.54 Å². The molecule has 0 saturated carbocycles. The quantitative estimate of drug-likeness (QED) is 0.727. The zero-order chi connectivity index (χ0) is 13.2. The molecular formula is C12H10N6O. The first-order chi connectivity index (χ1) is 9.24. The van der Waals surface area contributed by atoms with E-state index in [4.69, 9.17) is 5.73 Å². The van der Waals surface area contributed by atoms with Crippen LogP contribution in [0, 0.1) is 0 Å². The Kier molecular flexibility index (Phi) is 2.64. The predicted octanol–water partition coefficient (Wildman–Crippen LogP) is 0.368. The molecule has 0 fully saturated rings. The van der Waals surface area contributed by atoms with Gasteiger partial charge in [-0.05, 0) is 12.1 Å². The number of carbonyl (C=O) groups is 1. The van der Waals surface area contributed by atoms with E-state index in [2.05, 4.69) is 19.9 Å². The van der Waals surface area contributed by atoms with Crippen molar-refractivity contribution < 1.29 is 4.79 Å². The van der Waals surface area contributed by atoms with E-state index in [-0.39, 0.29) is 5.82 Å². The molecule has 3 heterocycles. The van der Waals surface area contributed by atoms with Gasteiger partial charge in [0.15, 0.2) is 5.65 Å². The molecule has 0 aliphatic carbocycles. The van der Waals surface area contributed by atoms with Crippen LogP contribution in [0.3, 0.4) is 0 Å². The maximum atomic E-state index is 11.1. The summed E-state index contributed by atoms with van der Waals surface area (Å²) in [4.78, 5) is 27.5. The smallest absolute Gasteiger partial charge is 0.286 e. The number of nitrogens with zero attached hydrogens (tertiary/aromatic N) is 5. The maximum absolute atomic E-state index is 11.1. The minimum Gasteiger partial charge on any atom is -0.363 e. The Morgan fingerprint density at radius 1 is 1.26 bits per heavy atom. The summed E-state index contributed by atoms with van der Waals surface area (Å²) >= 11 is 0. The molecule has 19 heavy (non-hydrogen) atoms. The van der Waals surface area contributed by atoms with Crippen molar-refractivity contribution in [2.75, 3.05) is 0 Å². The molecule has 0 aromatic carbocycles. The van der Waals surface area contributed by atoms with Crippen LogP contribution in [0.1, 0.15) is 16.3 Å². The van der Waals surface area contributed by atoms with Crippen LogP contribution >= 0.6 is 0 Å². The number of rotatable bonds is 3. The highest BCUT2D eigenvalue weighted by molar-refractivity contribution is 5.90. The molecule has 1 amide bonds. The Labute approximate surface area is 108 Å². The first-order valence-corrected chi connectivity index (χ1v) is 5.61. The Bertz CT molecular complexity index is 736. The fraction of sp³-hybridized carbons (Fsp3) is 0.0833. The van der Waals surface area contributed by atoms with Crippen molar-refractivity contribution in [2.24, 2.45) is 5.73 Å². The lowest BCUT2D eigenvalue weighted by Gasteiger charge is -2.03. The number of nitrogens with two attached hydrogens (primary N) is 1. The lowest BCUT2D eigenvalue weighted by Crippen LogP contribution is -2.15. The number of amides is 1. The van der Waals surface area contributed by atoms with Crippen molar-refractivity contribution in [3.05, 3.63) is 48.4 Å². The first-order valence-electron chi connectivity index (χ1n) is 5.61. The van der Waals surface area contributed by atoms with E-state index in [0.29, 0.717) is 17.7 Å². The van der Waals surface area contributed by atoms with E-state index in [1.54, 1.807) is 17.1 Å². The predicted molar refractivity (Wildman–Crippen MR) is 67.2 cm³/mol. The average molecular weight is 254 g/mol. The van der Waals surface area contributed by atoms with Crippen molar-refractivity contribution in [2.45, 2.75) is 6.54 Å². The maximum Gasteiger partial charge on any atom is 0.286 e. The van der Waals surface area contributed by atoms with Gasteiger partial charge in [-0.2, -0.15) is 0 Å². The van der Waals surface area contributed by atoms with Crippen molar-refractivity contribution in [3.8, 4) is 0 Å². The molecular weight excluding hydrogens is 244 g/mol. The summed E-state index contributed by atoms with van der Waals surface area (Å²) in [7, 11) is 0. The van der Waals surface area contributed by atoms with E-state index >= 15 is 0 Å². The standard InChI is InChI=1S/C12H10N6O/c13-10(19)11-15-5-9-12(17-11)18(7-16-9)6-8-3-1-2-4-14-8/h1-5,7H,6H2,(H2,13,19). The van der Waals surface area contributed by atoms with E-state index in [1.807, 2.05) is 18.2 Å². The second-order valence-corrected chi connectivity index (χ2v) is 3.96. The number of hydrogen-bond donors (Lipinski definition) is 1. The van der Waals surface area contributed by atoms with Crippen LogP contribution < -0.4 is 5.73 Å². The monoisotopic (exact) mass is 254 g/mol. The number of pyridine rings is 1. The van der Waals surface area contributed by atoms with Crippen LogP contribution in [0.25, 0.3) is 11.2 Å². The molecule has 0 aliphatic rings. The normalized spacial score (nSPS) is 10.7. The minimum atomic E-state index is -0.660. The van der Waals surface area contributed by atoms with Crippen LogP contribution in [0.4, 0.5) is 0 Å². The third-order valence-electron chi connectivity index (χ3n) is 2.64. The van der Waals surface area contributed by atoms with Gasteiger partial charge < -0.3 is 10.3 Å². The van der Waals surface area contributed by atoms with E-state index in [0.717, 1.165) is 5.69 Å². The van der Waals surface area contributed by atoms with Gasteiger partial charge in [-0.1, -0.05) is 6.07 Å². The van der Waals surface area contributed by atoms with E-state index < -0.39 is 5.91 Å². The molecule has 0 unspecified atom stereocenters. The Hall–Kier alpha value is -2.83. The molecule has 0 radical (unpaired) electrons. The van der Waals surface area contributed by atoms with Crippen LogP contribution in [0.15, 0.2) is 36.9 Å². The first kappa shape index (κ1) is 11.3. The lowest BCUT2D eigenvalue weighted by molar-refractivity contribution is 0.0990. The van der Waals surface area contributed by atoms with Gasteiger partial charge in [0.25, 0.3) is 5.91 Å². The van der Waals surface area contributed by atoms with Gasteiger partial charge in [0, 0.05) is 6.20 Å². The van der Waals surface area contributed by atoms with Crippen molar-refractivity contribution in [1.29, 1.82) is 0 Å². The third kappa shape index (κ3) is 2.13. The van der Waals surface area contributed by atoms with Gasteiger partial charge in [0.05, 0.1) is 24.8 Å². The lowest BCUT2D eigenvalue weighted by atomic mass is 10.3. The van der Waals surface area contributed by atoms with Crippen LogP contribution in [-0.4, -0.2) is 30.4 Å². The van der Waals surface area contributed by atoms with E-state index in [1.165, 1.54) is 6.20 Å². The zero-order valence-electron chi connectivity index (χ0n) is 9.89. The highest BCUT2D eigenvalue weighted by atomic mass is 16.1. The number of fused-ring (bicyclic) bond motifs is 1. The fourth-order valence-electron chi connectivity index (χ4n) is 1.76. The number of primary amides is 1. The summed E-state index contributed by atoms with van der Waals surface area (Å²) in [6, 6.07) is 5.66. The highest BCUT2D eigenvalue weighted by Gasteiger charge is 2.10. The summed E-state index contributed by atoms with van der Waals surface area (Å²) in [5.41, 5.74) is 7.22. The fourth-order valence-corrected chi connectivity index (χ4v) is 1.76. The summed E-state index contributed by atoms with van der Waals surface area (Å²) in [5.74, 6) is -0.678. The molecule has 0 atom stereocenters. The largest absolute Gasteiger partial charge is 0.363 e. The van der Waals surface area contributed by atoms with Gasteiger partial charge in [0.1, 0.15) is 5.52 Å². The molecule has 3 aromatic heterocycles. The second kappa shape index (κ2) is 4.45. The molecule has 3 aromatic rings. The Morgan fingerprint density at radius 2 is 2.16 bits per heavy atom. The highest BCUT2D eigenvalue weighted by Crippen LogP contribution is 2.10. The number of hydrogen-bond acceptors (Lipinski definition) is 5. The van der Waals surface area contributed by atoms with Crippen molar-refractivity contribution in [3.63, 3.8) is 0 Å². The van der Waals surface area contributed by atoms with Crippen molar-refractivity contribution >= 4 is 17.1 Å². The topological polar surface area (TPSA) is 99.6 Å². The van der Waals surface area contributed by atoms with E-state index in [9.17, 15) is 4.79 Å². The number of imidazole rings is 1. The Morgan fingerprint density at radius 3 is 2.89 bits per heavy atom. The summed E-state index contributed by atoms with van der Waals surface area (Å²) < 4.78 is 1.80. The summed E-state index contributed by atoms with van der Waals surface area (Å²) in [6.07, 6.45) is 4.84. The van der Waals surface area contributed by atoms with Gasteiger partial charge in [0.2, 0.25) is 5.82 Å². The average Bonchev–Trinajstić information content (AvgIpc) is 2.82. The minimum absolute atomic E-state index is 0.0183. The molecule has 0 spiro atoms. The molecule has 3 rings (SSSR count). The Balaban J connectivity index is 2.04. The van der Waals surface area contributed by atoms with Gasteiger partial charge in [-0.25, -0.2) is 15.0 Å². The molecule has 0 aliphatic heterocycles. The molecule has 2 N–H and O–H groups in total. The van der Waals surface area contributed by atoms with Gasteiger partial charge in [-0.3, -0.25) is 9.78 Å². The molecule has 0 saturated heterocycles. The molecule has 94 valence electrons. The molecule has 7 nitrogen and oxygen atoms in total. The number of aromatic nitrogens is 5. The molecule has 7 heteroatoms. The van der Waals surface area contributed by atoms with Gasteiger partial charge in [-0.15, -0.1) is 0 Å². The van der Waals surface area contributed by atoms with Crippen LogP contribution in [0.5, 0.6) is 0 Å². The van der Waals surface area contributed by atoms with Crippen molar-refractivity contribution in [1.82, 2.24) is 24.5 Å². The third-order valence-corrected chi connectivity index (χ3v) is 2.64. The number of carbonyl (C=O) groups excluding carboxylic acids is 1. The molecule has 0 bridgehead atoms. The van der Waals surface area contributed by atoms with Crippen LogP contribution in [0.2, 0.25) is 0 Å². The second-order valence-electron chi connectivity index (χ2n) is 3.96. The zero-order valence-corrected chi connectivity index (χ0v) is 9.89. The summed E-state index contributed by atoms with van der Waals surface area (Å²) in [5, 5.41) is 0. The SMILES string of the molecule is NC(=O)c1ncc2ncn(Cc3ccccn3)c2n1. The van der Waals surface area contributed by atoms with Gasteiger partial charge >= 0.3 is 0 Å². The summed E-state index contributed by atoms with van der Waals surface area (Å²) in [6.45, 7) is 0.520.